The van der Waals surface area contributed by atoms with Crippen LogP contribution in [0.4, 0.5) is 11.4 Å². The quantitative estimate of drug-likeness (QED) is 0.603. The molecule has 28 heavy (non-hydrogen) atoms. The number of nitrogens with zero attached hydrogens (tertiary/aromatic N) is 1. The van der Waals surface area contributed by atoms with Crippen molar-refractivity contribution in [3.05, 3.63) is 101 Å². The normalized spacial score (nSPS) is 10.6. The maximum absolute atomic E-state index is 12.7. The molecule has 0 spiro atoms. The molecular formula is C23H19ClN2O2. The van der Waals surface area contributed by atoms with Gasteiger partial charge in [-0.2, -0.15) is 0 Å². The molecule has 3 aromatic carbocycles. The highest BCUT2D eigenvalue weighted by atomic mass is 35.5. The summed E-state index contributed by atoms with van der Waals surface area (Å²) in [5.41, 5.74) is 2.71. The lowest BCUT2D eigenvalue weighted by molar-refractivity contribution is -0.111. The first-order valence-electron chi connectivity index (χ1n) is 8.71. The molecule has 0 heterocycles. The van der Waals surface area contributed by atoms with Gasteiger partial charge >= 0.3 is 0 Å². The fourth-order valence-electron chi connectivity index (χ4n) is 2.62. The van der Waals surface area contributed by atoms with Gasteiger partial charge in [0.05, 0.1) is 0 Å². The van der Waals surface area contributed by atoms with Crippen LogP contribution in [0.3, 0.4) is 0 Å². The average molecular weight is 391 g/mol. The van der Waals surface area contributed by atoms with Crippen molar-refractivity contribution < 1.29 is 9.59 Å². The lowest BCUT2D eigenvalue weighted by Gasteiger charge is -2.17. The van der Waals surface area contributed by atoms with Gasteiger partial charge in [-0.25, -0.2) is 0 Å². The monoisotopic (exact) mass is 390 g/mol. The van der Waals surface area contributed by atoms with E-state index in [0.29, 0.717) is 16.3 Å². The van der Waals surface area contributed by atoms with Gasteiger partial charge in [-0.3, -0.25) is 9.59 Å². The molecular weight excluding hydrogens is 372 g/mol. The first kappa shape index (κ1) is 19.4. The summed E-state index contributed by atoms with van der Waals surface area (Å²) in [5, 5.41) is 3.42. The van der Waals surface area contributed by atoms with Gasteiger partial charge in [0, 0.05) is 35.1 Å². The fourth-order valence-corrected chi connectivity index (χ4v) is 2.75. The van der Waals surface area contributed by atoms with Gasteiger partial charge in [0.15, 0.2) is 0 Å². The van der Waals surface area contributed by atoms with Crippen LogP contribution in [-0.4, -0.2) is 18.9 Å². The van der Waals surface area contributed by atoms with Gasteiger partial charge in [0.2, 0.25) is 5.91 Å². The Morgan fingerprint density at radius 1 is 0.929 bits per heavy atom. The molecule has 3 aromatic rings. The van der Waals surface area contributed by atoms with Gasteiger partial charge in [-0.15, -0.1) is 0 Å². The van der Waals surface area contributed by atoms with E-state index in [0.717, 1.165) is 11.3 Å². The highest BCUT2D eigenvalue weighted by Gasteiger charge is 2.13. The summed E-state index contributed by atoms with van der Waals surface area (Å²) < 4.78 is 0. The van der Waals surface area contributed by atoms with Crippen LogP contribution >= 0.6 is 11.6 Å². The number of hydrogen-bond donors (Lipinski definition) is 1. The average Bonchev–Trinajstić information content (AvgIpc) is 2.73. The van der Waals surface area contributed by atoms with E-state index in [1.54, 1.807) is 54.4 Å². The summed E-state index contributed by atoms with van der Waals surface area (Å²) in [4.78, 5) is 26.5. The Morgan fingerprint density at radius 2 is 1.64 bits per heavy atom. The zero-order valence-corrected chi connectivity index (χ0v) is 16.1. The minimum atomic E-state index is -0.282. The Bertz CT molecular complexity index is 999. The van der Waals surface area contributed by atoms with Crippen molar-refractivity contribution in [2.24, 2.45) is 0 Å². The standard InChI is InChI=1S/C23H19ClN2O2/c1-26(21-8-3-2-4-9-21)23(28)18-6-5-7-20(16-18)25-22(27)15-12-17-10-13-19(24)14-11-17/h2-16H,1H3,(H,25,27)/b15-12+. The summed E-state index contributed by atoms with van der Waals surface area (Å²) in [7, 11) is 1.72. The Labute approximate surface area is 169 Å². The SMILES string of the molecule is CN(C(=O)c1cccc(NC(=O)/C=C/c2ccc(Cl)cc2)c1)c1ccccc1. The van der Waals surface area contributed by atoms with E-state index in [1.807, 2.05) is 42.5 Å². The van der Waals surface area contributed by atoms with E-state index >= 15 is 0 Å². The Hall–Kier alpha value is -3.37. The molecule has 0 unspecified atom stereocenters. The van der Waals surface area contributed by atoms with Crippen LogP contribution < -0.4 is 10.2 Å². The van der Waals surface area contributed by atoms with Crippen molar-refractivity contribution in [3.63, 3.8) is 0 Å². The third-order valence-electron chi connectivity index (χ3n) is 4.12. The van der Waals surface area contributed by atoms with Crippen molar-refractivity contribution in [2.45, 2.75) is 0 Å². The van der Waals surface area contributed by atoms with E-state index in [4.69, 9.17) is 11.6 Å². The molecule has 1 N–H and O–H groups in total. The van der Waals surface area contributed by atoms with Crippen molar-refractivity contribution >= 4 is 40.9 Å². The second-order valence-electron chi connectivity index (χ2n) is 6.15. The first-order valence-corrected chi connectivity index (χ1v) is 9.08. The highest BCUT2D eigenvalue weighted by molar-refractivity contribution is 6.30. The molecule has 0 aliphatic carbocycles. The van der Waals surface area contributed by atoms with Crippen LogP contribution in [0.2, 0.25) is 5.02 Å². The van der Waals surface area contributed by atoms with E-state index < -0.39 is 0 Å². The van der Waals surface area contributed by atoms with Crippen LogP contribution in [0.5, 0.6) is 0 Å². The number of carbonyl (C=O) groups is 2. The summed E-state index contributed by atoms with van der Waals surface area (Å²) in [5.74, 6) is -0.435. The Morgan fingerprint density at radius 3 is 2.36 bits per heavy atom. The topological polar surface area (TPSA) is 49.4 Å². The molecule has 0 atom stereocenters. The number of amides is 2. The van der Waals surface area contributed by atoms with Crippen molar-refractivity contribution in [1.82, 2.24) is 0 Å². The maximum atomic E-state index is 12.7. The van der Waals surface area contributed by atoms with Gasteiger partial charge in [0.25, 0.3) is 5.91 Å². The van der Waals surface area contributed by atoms with Crippen LogP contribution in [0.1, 0.15) is 15.9 Å². The summed E-state index contributed by atoms with van der Waals surface area (Å²) in [6, 6.07) is 23.4. The Balaban J connectivity index is 1.68. The van der Waals surface area contributed by atoms with E-state index in [-0.39, 0.29) is 11.8 Å². The Kier molecular flexibility index (Phi) is 6.25. The first-order chi connectivity index (χ1) is 13.5. The van der Waals surface area contributed by atoms with Gasteiger partial charge < -0.3 is 10.2 Å². The molecule has 0 aromatic heterocycles. The molecule has 0 aliphatic rings. The molecule has 0 radical (unpaired) electrons. The fraction of sp³-hybridized carbons (Fsp3) is 0.0435. The summed E-state index contributed by atoms with van der Waals surface area (Å²) in [6.07, 6.45) is 3.14. The second kappa shape index (κ2) is 9.02. The minimum Gasteiger partial charge on any atom is -0.322 e. The third kappa shape index (κ3) is 5.09. The maximum Gasteiger partial charge on any atom is 0.258 e. The predicted octanol–water partition coefficient (Wildman–Crippen LogP) is 5.27. The molecule has 0 saturated carbocycles. The number of benzene rings is 3. The number of nitrogens with one attached hydrogen (secondary N) is 1. The highest BCUT2D eigenvalue weighted by Crippen LogP contribution is 2.17. The molecule has 0 bridgehead atoms. The number of para-hydroxylation sites is 1. The number of rotatable bonds is 5. The summed E-state index contributed by atoms with van der Waals surface area (Å²) in [6.45, 7) is 0. The zero-order chi connectivity index (χ0) is 19.9. The van der Waals surface area contributed by atoms with E-state index in [2.05, 4.69) is 5.32 Å². The molecule has 5 heteroatoms. The third-order valence-corrected chi connectivity index (χ3v) is 4.37. The number of anilines is 2. The molecule has 0 aliphatic heterocycles. The van der Waals surface area contributed by atoms with Crippen molar-refractivity contribution in [3.8, 4) is 0 Å². The molecule has 4 nitrogen and oxygen atoms in total. The number of hydrogen-bond acceptors (Lipinski definition) is 2. The number of carbonyl (C=O) groups excluding carboxylic acids is 2. The molecule has 3 rings (SSSR count). The van der Waals surface area contributed by atoms with Crippen molar-refractivity contribution in [2.75, 3.05) is 17.3 Å². The lowest BCUT2D eigenvalue weighted by Crippen LogP contribution is -2.26. The van der Waals surface area contributed by atoms with Crippen LogP contribution in [0.25, 0.3) is 6.08 Å². The molecule has 140 valence electrons. The predicted molar refractivity (Wildman–Crippen MR) is 115 cm³/mol. The van der Waals surface area contributed by atoms with E-state index in [9.17, 15) is 9.59 Å². The van der Waals surface area contributed by atoms with Gasteiger partial charge in [-0.05, 0) is 54.1 Å². The second-order valence-corrected chi connectivity index (χ2v) is 6.59. The molecule has 0 saturated heterocycles. The smallest absolute Gasteiger partial charge is 0.258 e. The zero-order valence-electron chi connectivity index (χ0n) is 15.3. The number of halogens is 1. The molecule has 0 fully saturated rings. The van der Waals surface area contributed by atoms with Crippen molar-refractivity contribution in [1.29, 1.82) is 0 Å². The lowest BCUT2D eigenvalue weighted by atomic mass is 10.1. The van der Waals surface area contributed by atoms with Gasteiger partial charge in [-0.1, -0.05) is 48.0 Å². The van der Waals surface area contributed by atoms with Crippen LogP contribution in [0, 0.1) is 0 Å². The van der Waals surface area contributed by atoms with E-state index in [1.165, 1.54) is 6.08 Å². The van der Waals surface area contributed by atoms with Gasteiger partial charge in [0.1, 0.15) is 0 Å². The largest absolute Gasteiger partial charge is 0.322 e. The summed E-state index contributed by atoms with van der Waals surface area (Å²) >= 11 is 5.85. The minimum absolute atomic E-state index is 0.154. The van der Waals surface area contributed by atoms with Crippen LogP contribution in [0.15, 0.2) is 84.9 Å². The molecule has 2 amide bonds. The van der Waals surface area contributed by atoms with Crippen LogP contribution in [-0.2, 0) is 4.79 Å².